The van der Waals surface area contributed by atoms with Gasteiger partial charge in [-0.25, -0.2) is 0 Å². The molecule has 0 amide bonds. The number of nitrogens with one attached hydrogen (secondary N) is 1. The van der Waals surface area contributed by atoms with Crippen molar-refractivity contribution in [1.82, 2.24) is 10.2 Å². The van der Waals surface area contributed by atoms with Crippen molar-refractivity contribution < 1.29 is 0 Å². The van der Waals surface area contributed by atoms with E-state index in [2.05, 4.69) is 24.1 Å². The van der Waals surface area contributed by atoms with E-state index in [-0.39, 0.29) is 11.6 Å². The minimum Gasteiger partial charge on any atom is -0.311 e. The first-order chi connectivity index (χ1) is 10.1. The molecule has 0 saturated carbocycles. The van der Waals surface area contributed by atoms with Crippen LogP contribution in [-0.4, -0.2) is 30.6 Å². The first-order valence-corrected chi connectivity index (χ1v) is 8.72. The standard InChI is InChI=1S/C17H26Cl2N2/c1-4-17(5-2,21-10-6-7-11-21)16(20-3)14-12-13(18)8-9-15(14)19/h8-9,12,16,20H,4-7,10-11H2,1-3H3. The van der Waals surface area contributed by atoms with E-state index >= 15 is 0 Å². The van der Waals surface area contributed by atoms with Crippen LogP contribution in [0, 0.1) is 0 Å². The summed E-state index contributed by atoms with van der Waals surface area (Å²) in [7, 11) is 2.03. The molecule has 1 aromatic rings. The summed E-state index contributed by atoms with van der Waals surface area (Å²) >= 11 is 12.7. The Morgan fingerprint density at radius 3 is 2.33 bits per heavy atom. The average molecular weight is 329 g/mol. The van der Waals surface area contributed by atoms with Crippen LogP contribution >= 0.6 is 23.2 Å². The normalized spacial score (nSPS) is 18.1. The van der Waals surface area contributed by atoms with Crippen molar-refractivity contribution in [3.8, 4) is 0 Å². The lowest BCUT2D eigenvalue weighted by molar-refractivity contribution is 0.0647. The molecule has 0 aromatic heterocycles. The fourth-order valence-electron chi connectivity index (χ4n) is 3.90. The van der Waals surface area contributed by atoms with Gasteiger partial charge in [0.05, 0.1) is 6.04 Å². The van der Waals surface area contributed by atoms with Crippen molar-refractivity contribution in [1.29, 1.82) is 0 Å². The highest BCUT2D eigenvalue weighted by Crippen LogP contribution is 2.41. The molecule has 4 heteroatoms. The van der Waals surface area contributed by atoms with Gasteiger partial charge in [0, 0.05) is 15.6 Å². The molecule has 1 aromatic carbocycles. The van der Waals surface area contributed by atoms with Gasteiger partial charge in [0.1, 0.15) is 0 Å². The molecule has 1 atom stereocenters. The van der Waals surface area contributed by atoms with Crippen molar-refractivity contribution in [3.63, 3.8) is 0 Å². The van der Waals surface area contributed by atoms with Crippen LogP contribution in [0.4, 0.5) is 0 Å². The molecule has 0 spiro atoms. The highest BCUT2D eigenvalue weighted by atomic mass is 35.5. The quantitative estimate of drug-likeness (QED) is 0.798. The van der Waals surface area contributed by atoms with Crippen molar-refractivity contribution in [3.05, 3.63) is 33.8 Å². The third-order valence-corrected chi connectivity index (χ3v) is 5.63. The van der Waals surface area contributed by atoms with E-state index < -0.39 is 0 Å². The number of hydrogen-bond donors (Lipinski definition) is 1. The third kappa shape index (κ3) is 3.24. The zero-order chi connectivity index (χ0) is 15.5. The Kier molecular flexibility index (Phi) is 5.96. The Labute approximate surface area is 138 Å². The molecule has 1 aliphatic rings. The van der Waals surface area contributed by atoms with E-state index in [0.29, 0.717) is 0 Å². The summed E-state index contributed by atoms with van der Waals surface area (Å²) in [5.41, 5.74) is 1.21. The van der Waals surface area contributed by atoms with Gasteiger partial charge in [-0.1, -0.05) is 37.0 Å². The van der Waals surface area contributed by atoms with Crippen LogP contribution in [0.1, 0.15) is 51.1 Å². The van der Waals surface area contributed by atoms with Crippen LogP contribution in [-0.2, 0) is 0 Å². The van der Waals surface area contributed by atoms with Crippen LogP contribution in [0.2, 0.25) is 10.0 Å². The second-order valence-electron chi connectivity index (χ2n) is 5.89. The van der Waals surface area contributed by atoms with E-state index in [1.54, 1.807) is 0 Å². The minimum absolute atomic E-state index is 0.0968. The van der Waals surface area contributed by atoms with Gasteiger partial charge in [-0.2, -0.15) is 0 Å². The molecule has 0 aliphatic carbocycles. The Hall–Kier alpha value is -0.280. The summed E-state index contributed by atoms with van der Waals surface area (Å²) in [6.07, 6.45) is 4.78. The Balaban J connectivity index is 2.46. The summed E-state index contributed by atoms with van der Waals surface area (Å²) in [6, 6.07) is 5.97. The summed E-state index contributed by atoms with van der Waals surface area (Å²) < 4.78 is 0. The summed E-state index contributed by atoms with van der Waals surface area (Å²) in [5, 5.41) is 5.06. The van der Waals surface area contributed by atoms with Crippen LogP contribution in [0.5, 0.6) is 0 Å². The number of nitrogens with zero attached hydrogens (tertiary/aromatic N) is 1. The molecule has 2 nitrogen and oxygen atoms in total. The van der Waals surface area contributed by atoms with Gasteiger partial charge >= 0.3 is 0 Å². The first kappa shape index (κ1) is 17.1. The SMILES string of the molecule is CCC(CC)(C(NC)c1cc(Cl)ccc1Cl)N1CCCC1. The van der Waals surface area contributed by atoms with Crippen molar-refractivity contribution in [2.24, 2.45) is 0 Å². The van der Waals surface area contributed by atoms with Gasteiger partial charge in [0.2, 0.25) is 0 Å². The molecule has 1 heterocycles. The molecule has 1 aliphatic heterocycles. The Morgan fingerprint density at radius 2 is 1.81 bits per heavy atom. The third-order valence-electron chi connectivity index (χ3n) is 5.06. The lowest BCUT2D eigenvalue weighted by Gasteiger charge is -2.47. The topological polar surface area (TPSA) is 15.3 Å². The molecule has 1 unspecified atom stereocenters. The lowest BCUT2D eigenvalue weighted by Crippen LogP contribution is -2.54. The molecule has 2 rings (SSSR count). The maximum Gasteiger partial charge on any atom is 0.0519 e. The summed E-state index contributed by atoms with van der Waals surface area (Å²) in [6.45, 7) is 6.92. The lowest BCUT2D eigenvalue weighted by atomic mass is 9.79. The first-order valence-electron chi connectivity index (χ1n) is 7.96. The molecule has 1 saturated heterocycles. The zero-order valence-electron chi connectivity index (χ0n) is 13.3. The smallest absolute Gasteiger partial charge is 0.0519 e. The van der Waals surface area contributed by atoms with Crippen LogP contribution in [0.25, 0.3) is 0 Å². The number of hydrogen-bond acceptors (Lipinski definition) is 2. The largest absolute Gasteiger partial charge is 0.311 e. The van der Waals surface area contributed by atoms with Crippen LogP contribution in [0.3, 0.4) is 0 Å². The van der Waals surface area contributed by atoms with Crippen molar-refractivity contribution in [2.75, 3.05) is 20.1 Å². The van der Waals surface area contributed by atoms with Gasteiger partial charge in [-0.15, -0.1) is 0 Å². The van der Waals surface area contributed by atoms with E-state index in [1.807, 2.05) is 25.2 Å². The number of likely N-dealkylation sites (tertiary alicyclic amines) is 1. The Bertz CT molecular complexity index is 466. The van der Waals surface area contributed by atoms with Crippen LogP contribution in [0.15, 0.2) is 18.2 Å². The highest BCUT2D eigenvalue weighted by Gasteiger charge is 2.42. The fraction of sp³-hybridized carbons (Fsp3) is 0.647. The fourth-order valence-corrected chi connectivity index (χ4v) is 4.31. The Morgan fingerprint density at radius 1 is 1.19 bits per heavy atom. The number of benzene rings is 1. The molecule has 1 fully saturated rings. The number of halogens is 2. The van der Waals surface area contributed by atoms with Gasteiger partial charge in [-0.3, -0.25) is 4.90 Å². The highest BCUT2D eigenvalue weighted by molar-refractivity contribution is 6.33. The predicted molar refractivity (Wildman–Crippen MR) is 92.4 cm³/mol. The van der Waals surface area contributed by atoms with Gasteiger partial charge in [0.15, 0.2) is 0 Å². The molecule has 0 bridgehead atoms. The maximum atomic E-state index is 6.48. The van der Waals surface area contributed by atoms with Gasteiger partial charge < -0.3 is 5.32 Å². The van der Waals surface area contributed by atoms with E-state index in [0.717, 1.165) is 28.5 Å². The molecule has 118 valence electrons. The molecular formula is C17H26Cl2N2. The summed E-state index contributed by atoms with van der Waals surface area (Å²) in [5.74, 6) is 0. The average Bonchev–Trinajstić information content (AvgIpc) is 3.02. The van der Waals surface area contributed by atoms with E-state index in [1.165, 1.54) is 25.9 Å². The number of rotatable bonds is 6. The van der Waals surface area contributed by atoms with Crippen LogP contribution < -0.4 is 5.32 Å². The summed E-state index contributed by atoms with van der Waals surface area (Å²) in [4.78, 5) is 2.64. The van der Waals surface area contributed by atoms with Gasteiger partial charge in [-0.05, 0) is 69.6 Å². The molecular weight excluding hydrogens is 303 g/mol. The van der Waals surface area contributed by atoms with Crippen molar-refractivity contribution >= 4 is 23.2 Å². The van der Waals surface area contributed by atoms with E-state index in [4.69, 9.17) is 23.2 Å². The molecule has 21 heavy (non-hydrogen) atoms. The molecule has 0 radical (unpaired) electrons. The number of likely N-dealkylation sites (N-methyl/N-ethyl adjacent to an activating group) is 1. The van der Waals surface area contributed by atoms with E-state index in [9.17, 15) is 0 Å². The van der Waals surface area contributed by atoms with Gasteiger partial charge in [0.25, 0.3) is 0 Å². The molecule has 1 N–H and O–H groups in total. The minimum atomic E-state index is 0.0968. The second-order valence-corrected chi connectivity index (χ2v) is 6.74. The van der Waals surface area contributed by atoms with Crippen molar-refractivity contribution in [2.45, 2.75) is 51.1 Å². The predicted octanol–water partition coefficient (Wildman–Crippen LogP) is 4.91. The zero-order valence-corrected chi connectivity index (χ0v) is 14.8. The maximum absolute atomic E-state index is 6.48. The second kappa shape index (κ2) is 7.32. The monoisotopic (exact) mass is 328 g/mol.